The quantitative estimate of drug-likeness (QED) is 0.00923. The Labute approximate surface area is 743 Å². The third kappa shape index (κ3) is 23.9. The Bertz CT molecular complexity index is 5310. The van der Waals surface area contributed by atoms with E-state index in [1.165, 1.54) is 31.7 Å². The van der Waals surface area contributed by atoms with E-state index in [4.69, 9.17) is 82.4 Å². The van der Waals surface area contributed by atoms with Gasteiger partial charge >= 0.3 is 0 Å². The number of aromatic nitrogens is 6. The van der Waals surface area contributed by atoms with E-state index in [2.05, 4.69) is 52.2 Å². The van der Waals surface area contributed by atoms with Crippen LogP contribution in [0.4, 0.5) is 44.7 Å². The summed E-state index contributed by atoms with van der Waals surface area (Å²) < 4.78 is 76.0. The van der Waals surface area contributed by atoms with E-state index in [0.717, 1.165) is 59.5 Å². The van der Waals surface area contributed by atoms with Crippen molar-refractivity contribution in [2.24, 2.45) is 28.7 Å². The predicted octanol–water partition coefficient (Wildman–Crippen LogP) is 5.87. The van der Waals surface area contributed by atoms with Crippen molar-refractivity contribution in [1.82, 2.24) is 49.2 Å². The van der Waals surface area contributed by atoms with Crippen LogP contribution in [0, 0.1) is 13.8 Å². The van der Waals surface area contributed by atoms with Crippen molar-refractivity contribution in [2.45, 2.75) is 132 Å². The molecular formula is C86H111FN20O20S. The maximum absolute atomic E-state index is 13.3. The number of nitrogens with two attached hydrogens (primary N) is 5. The number of carbonyl (C=O) groups excluding carboxylic acids is 10. The molecule has 0 radical (unpaired) electrons. The molecule has 2 saturated carbocycles. The molecule has 6 atom stereocenters. The minimum Gasteiger partial charge on any atom is -0.493 e. The van der Waals surface area contributed by atoms with Crippen LogP contribution in [-0.4, -0.2) is 267 Å². The van der Waals surface area contributed by atoms with Gasteiger partial charge in [0.2, 0.25) is 29.6 Å². The first-order valence-electron chi connectivity index (χ1n) is 42.7. The molecule has 4 aromatic carbocycles. The summed E-state index contributed by atoms with van der Waals surface area (Å²) in [7, 11) is 2.08. The number of carbonyl (C=O) groups is 10. The van der Waals surface area contributed by atoms with Gasteiger partial charge in [-0.15, -0.1) is 0 Å². The molecule has 6 aliphatic rings. The highest BCUT2D eigenvalue weighted by Crippen LogP contribution is 2.40. The summed E-state index contributed by atoms with van der Waals surface area (Å²) in [6.45, 7) is 8.93. The lowest BCUT2D eigenvalue weighted by atomic mass is 9.91. The number of nitrogens with one attached hydrogen (secondary N) is 7. The van der Waals surface area contributed by atoms with Gasteiger partial charge in [0.15, 0.2) is 45.3 Å². The number of alkyl halides is 1. The minimum atomic E-state index is -1.03. The van der Waals surface area contributed by atoms with Crippen LogP contribution in [-0.2, 0) is 47.6 Å². The fraction of sp³-hybridized carbons (Fsp3) is 0.465. The van der Waals surface area contributed by atoms with Crippen LogP contribution < -0.4 is 84.8 Å². The molecule has 8 heterocycles. The molecule has 10 amide bonds. The number of imide groups is 4. The van der Waals surface area contributed by atoms with Crippen LogP contribution >= 0.6 is 11.8 Å². The highest BCUT2D eigenvalue weighted by Gasteiger charge is 2.48. The van der Waals surface area contributed by atoms with Crippen LogP contribution in [0.5, 0.6) is 23.0 Å². The SMILES string of the molecule is COc1cc(Nc2nc(N[C@H]3CCCC[C@H]3N)n3ccnc3c2C(N)=O)cc(C)c1OCCOCCOCCOCCNc1cccc2c1C(=O)N(C1CCC(=O)NC1=O)C2=O.COc1cc(Nc2nc(SC)n3ccnc3c2C(N)=O)cc(C)c1OCCOCCOCCOCCNc1cccc2c1C(=O)N(C1CCC(=O)NC1=O)C2=O.N[C@@H]1CCCC[C@@H]1N.[2H]CF. The topological polar surface area (TPSA) is 544 Å². The zero-order valence-electron chi connectivity index (χ0n) is 73.0. The molecule has 4 aliphatic heterocycles. The summed E-state index contributed by atoms with van der Waals surface area (Å²) in [6.07, 6.45) is 17.5. The number of benzene rings is 4. The lowest BCUT2D eigenvalue weighted by molar-refractivity contribution is -0.137. The number of fused-ring (bicyclic) bond motifs is 4. The Kier molecular flexibility index (Phi) is 34.8. The highest BCUT2D eigenvalue weighted by atomic mass is 32.2. The number of rotatable bonds is 41. The van der Waals surface area contributed by atoms with Crippen molar-refractivity contribution in [3.63, 3.8) is 0 Å². The number of aryl methyl sites for hydroxylation is 2. The average Bonchev–Trinajstić information content (AvgIpc) is 1.59. The number of methoxy groups -OCH3 is 2. The first kappa shape index (κ1) is 94.9. The second-order valence-electron chi connectivity index (χ2n) is 30.2. The third-order valence-electron chi connectivity index (χ3n) is 21.7. The number of ether oxygens (including phenoxy) is 10. The van der Waals surface area contributed by atoms with Gasteiger partial charge in [-0.2, -0.15) is 4.98 Å². The Morgan fingerprint density at radius 3 is 1.34 bits per heavy atom. The fourth-order valence-corrected chi connectivity index (χ4v) is 15.9. The molecular weight excluding hydrogens is 1680 g/mol. The molecule has 0 bridgehead atoms. The van der Waals surface area contributed by atoms with E-state index >= 15 is 0 Å². The highest BCUT2D eigenvalue weighted by molar-refractivity contribution is 7.98. The van der Waals surface area contributed by atoms with Gasteiger partial charge in [-0.1, -0.05) is 49.6 Å². The second-order valence-corrected chi connectivity index (χ2v) is 31.0. The van der Waals surface area contributed by atoms with Crippen LogP contribution in [0.15, 0.2) is 90.6 Å². The molecule has 14 rings (SSSR count). The molecule has 688 valence electrons. The van der Waals surface area contributed by atoms with E-state index in [0.29, 0.717) is 161 Å². The van der Waals surface area contributed by atoms with Crippen LogP contribution in [0.2, 0.25) is 0 Å². The molecule has 128 heavy (non-hydrogen) atoms. The molecule has 4 fully saturated rings. The van der Waals surface area contributed by atoms with E-state index in [1.807, 2.05) is 32.2 Å². The first-order chi connectivity index (χ1) is 62.4. The Morgan fingerprint density at radius 1 is 0.531 bits per heavy atom. The van der Waals surface area contributed by atoms with Gasteiger partial charge in [0.05, 0.1) is 124 Å². The van der Waals surface area contributed by atoms with E-state index < -0.39 is 78.3 Å². The van der Waals surface area contributed by atoms with Crippen molar-refractivity contribution in [2.75, 3.05) is 160 Å². The van der Waals surface area contributed by atoms with Gasteiger partial charge < -0.3 is 103 Å². The number of primary amides is 2. The molecule has 2 unspecified atom stereocenters. The Morgan fingerprint density at radius 2 is 0.930 bits per heavy atom. The maximum Gasteiger partial charge on any atom is 0.264 e. The van der Waals surface area contributed by atoms with Crippen molar-refractivity contribution >= 4 is 122 Å². The number of anilines is 7. The van der Waals surface area contributed by atoms with E-state index in [-0.39, 0.29) is 108 Å². The normalized spacial score (nSPS) is 18.4. The zero-order chi connectivity index (χ0) is 92.2. The lowest BCUT2D eigenvalue weighted by Gasteiger charge is -2.30. The van der Waals surface area contributed by atoms with Crippen LogP contribution in [0.1, 0.15) is 152 Å². The predicted molar refractivity (Wildman–Crippen MR) is 471 cm³/mol. The van der Waals surface area contributed by atoms with Gasteiger partial charge in [-0.25, -0.2) is 15.0 Å². The van der Waals surface area contributed by atoms with Gasteiger partial charge in [0.25, 0.3) is 35.4 Å². The molecule has 42 heteroatoms. The van der Waals surface area contributed by atoms with Crippen LogP contribution in [0.25, 0.3) is 11.3 Å². The molecule has 8 aromatic rings. The number of imidazole rings is 2. The van der Waals surface area contributed by atoms with Gasteiger partial charge in [-0.3, -0.25) is 81.6 Å². The Hall–Kier alpha value is -12.3. The second kappa shape index (κ2) is 47.0. The van der Waals surface area contributed by atoms with Gasteiger partial charge in [-0.05, 0) is 106 Å². The number of thioether (sulfide) groups is 1. The largest absolute Gasteiger partial charge is 0.493 e. The molecule has 4 aromatic heterocycles. The summed E-state index contributed by atoms with van der Waals surface area (Å²) in [5, 5.41) is 21.2. The number of halogens is 1. The summed E-state index contributed by atoms with van der Waals surface area (Å²) in [5.41, 5.74) is 34.8. The Balaban J connectivity index is 0.000000224. The average molecular weight is 1800 g/mol. The number of hydrogen-bond acceptors (Lipinski definition) is 33. The number of nitrogens with zero attached hydrogens (tertiary/aromatic N) is 8. The molecule has 17 N–H and O–H groups in total. The maximum atomic E-state index is 13.3. The number of hydrogen-bond donors (Lipinski definition) is 12. The fourth-order valence-electron chi connectivity index (χ4n) is 15.4. The summed E-state index contributed by atoms with van der Waals surface area (Å²) >= 11 is 1.41. The third-order valence-corrected chi connectivity index (χ3v) is 22.3. The van der Waals surface area contributed by atoms with Crippen molar-refractivity contribution < 1.29 is 101 Å². The lowest BCUT2D eigenvalue weighted by Crippen LogP contribution is -2.54. The van der Waals surface area contributed by atoms with Gasteiger partial charge in [0.1, 0.15) is 42.2 Å². The molecule has 2 aliphatic carbocycles. The number of amides is 10. The first-order valence-corrected chi connectivity index (χ1v) is 43.2. The smallest absolute Gasteiger partial charge is 0.264 e. The van der Waals surface area contributed by atoms with Gasteiger partial charge in [0, 0.05) is 110 Å². The van der Waals surface area contributed by atoms with E-state index in [9.17, 15) is 52.3 Å². The van der Waals surface area contributed by atoms with Crippen molar-refractivity contribution in [3.05, 3.63) is 130 Å². The number of piperidine rings is 2. The van der Waals surface area contributed by atoms with E-state index in [1.54, 1.807) is 89.2 Å². The monoisotopic (exact) mass is 1800 g/mol. The molecule has 2 saturated heterocycles. The summed E-state index contributed by atoms with van der Waals surface area (Å²) in [6, 6.07) is 15.5. The summed E-state index contributed by atoms with van der Waals surface area (Å²) in [5.74, 6) is -2.73. The van der Waals surface area contributed by atoms with Crippen LogP contribution in [0.3, 0.4) is 0 Å². The van der Waals surface area contributed by atoms with Crippen molar-refractivity contribution in [1.29, 1.82) is 0 Å². The standard InChI is InChI=1S/C42H52N10O10.C37H42N8O10S.C6H14N2.CH3F/c1-24-22-25(47-37-34(36(44)54)38-46-12-14-51(38)42(50-37)48-28-8-4-3-7-27(28)43)23-31(58-2)35(24)62-21-20-61-19-18-60-17-16-59-15-13-45-29-9-5-6-26-33(29)41(57)52(40(26)56)30-10-11-32(53)49-39(30)55;1-21-19-22(41-32-29(31(38)47)33-40-9-11-44(33)37(43-32)56-3)20-26(51-2)30(21)55-18-17-54-16-15-53-14-13-52-12-10-39-24-6-4-5-23-28(24)36(50)45(35(23)49)25-7-8-27(46)42-34(25)48;7-5-3-1-2-4-6(5)8;1-2/h5-6,9,12,14,22-23,27-28,30,45,47H,3-4,7-8,10-11,13,15-21,43H2,1-2H3,(H2,44,54)(H,48,50)(H,49,53,55);4-6,9,11,19-20,25,39,41H,7-8,10,12-18H2,1-3H3,(H2,38,47)(H,42,46,48);5-6H,1-4,7-8H2;1H3/t27-,28+,30?;;5-,6+;/m1.../s1/i;;;1D. The summed E-state index contributed by atoms with van der Waals surface area (Å²) in [4.78, 5) is 145. The molecule has 40 nitrogen and oxygen atoms in total. The zero-order valence-corrected chi connectivity index (χ0v) is 72.8. The van der Waals surface area contributed by atoms with Crippen molar-refractivity contribution in [3.8, 4) is 23.0 Å². The molecule has 0 spiro atoms. The minimum absolute atomic E-state index is 0.0185.